The van der Waals surface area contributed by atoms with E-state index >= 15 is 0 Å². The van der Waals surface area contributed by atoms with Gasteiger partial charge in [-0.15, -0.1) is 0 Å². The summed E-state index contributed by atoms with van der Waals surface area (Å²) in [6.45, 7) is 0. The lowest BCUT2D eigenvalue weighted by Gasteiger charge is -2.14. The van der Waals surface area contributed by atoms with Gasteiger partial charge in [-0.1, -0.05) is 12.8 Å². The van der Waals surface area contributed by atoms with E-state index in [4.69, 9.17) is 5.73 Å². The molecule has 0 radical (unpaired) electrons. The molecule has 2 atom stereocenters. The molecule has 0 saturated heterocycles. The second-order valence-electron chi connectivity index (χ2n) is 5.93. The van der Waals surface area contributed by atoms with Gasteiger partial charge in [-0.3, -0.25) is 4.79 Å². The van der Waals surface area contributed by atoms with E-state index in [0.717, 1.165) is 31.7 Å². The Balaban J connectivity index is 1.77. The summed E-state index contributed by atoms with van der Waals surface area (Å²) in [5.41, 5.74) is 4.35. The van der Waals surface area contributed by atoms with Crippen LogP contribution in [-0.4, -0.2) is 5.91 Å². The molecule has 114 valence electrons. The highest BCUT2D eigenvalue weighted by Crippen LogP contribution is 2.55. The third-order valence-corrected chi connectivity index (χ3v) is 4.57. The second-order valence-corrected chi connectivity index (χ2v) is 5.93. The standard InChI is InChI=1S/C15H17F3N2O/c16-15(17,18)11-7-8(19)5-6-12(11)20-14(21)13-9-3-1-2-4-10(9)13/h5-7,9-10,13H,1-4,19H2,(H,20,21). The fourth-order valence-corrected chi connectivity index (χ4v) is 3.50. The van der Waals surface area contributed by atoms with Crippen LogP contribution in [0.1, 0.15) is 31.2 Å². The van der Waals surface area contributed by atoms with Gasteiger partial charge >= 0.3 is 6.18 Å². The van der Waals surface area contributed by atoms with E-state index in [0.29, 0.717) is 11.8 Å². The molecule has 2 fully saturated rings. The summed E-state index contributed by atoms with van der Waals surface area (Å²) in [5.74, 6) is 0.317. The molecule has 0 aromatic heterocycles. The first-order valence-electron chi connectivity index (χ1n) is 7.15. The SMILES string of the molecule is Nc1ccc(NC(=O)C2C3CCCCC32)c(C(F)(F)F)c1. The number of carbonyl (C=O) groups is 1. The first-order valence-corrected chi connectivity index (χ1v) is 7.15. The normalized spacial score (nSPS) is 27.9. The van der Waals surface area contributed by atoms with Crippen LogP contribution in [0.25, 0.3) is 0 Å². The van der Waals surface area contributed by atoms with Crippen LogP contribution < -0.4 is 11.1 Å². The molecule has 21 heavy (non-hydrogen) atoms. The highest BCUT2D eigenvalue weighted by Gasteiger charge is 2.54. The van der Waals surface area contributed by atoms with Crippen molar-refractivity contribution >= 4 is 17.3 Å². The van der Waals surface area contributed by atoms with E-state index in [9.17, 15) is 18.0 Å². The highest BCUT2D eigenvalue weighted by atomic mass is 19.4. The number of amides is 1. The number of anilines is 2. The van der Waals surface area contributed by atoms with Crippen LogP contribution in [0, 0.1) is 17.8 Å². The van der Waals surface area contributed by atoms with Crippen LogP contribution >= 0.6 is 0 Å². The van der Waals surface area contributed by atoms with Crippen LogP contribution in [0.3, 0.4) is 0 Å². The summed E-state index contributed by atoms with van der Waals surface area (Å²) in [7, 11) is 0. The molecule has 1 aromatic carbocycles. The number of carbonyl (C=O) groups excluding carboxylic acids is 1. The van der Waals surface area contributed by atoms with E-state index in [-0.39, 0.29) is 23.2 Å². The average molecular weight is 298 g/mol. The molecule has 3 nitrogen and oxygen atoms in total. The summed E-state index contributed by atoms with van der Waals surface area (Å²) >= 11 is 0. The third kappa shape index (κ3) is 2.71. The van der Waals surface area contributed by atoms with Gasteiger partial charge in [0.05, 0.1) is 11.3 Å². The Bertz CT molecular complexity index is 559. The van der Waals surface area contributed by atoms with Crippen molar-refractivity contribution in [2.45, 2.75) is 31.9 Å². The van der Waals surface area contributed by atoms with Crippen molar-refractivity contribution in [3.05, 3.63) is 23.8 Å². The van der Waals surface area contributed by atoms with E-state index < -0.39 is 11.7 Å². The molecule has 0 aliphatic heterocycles. The van der Waals surface area contributed by atoms with E-state index in [1.807, 2.05) is 0 Å². The number of hydrogen-bond donors (Lipinski definition) is 2. The Morgan fingerprint density at radius 1 is 1.19 bits per heavy atom. The lowest BCUT2D eigenvalue weighted by Crippen LogP contribution is -2.19. The minimum atomic E-state index is -4.53. The molecule has 3 N–H and O–H groups in total. The monoisotopic (exact) mass is 298 g/mol. The fourth-order valence-electron chi connectivity index (χ4n) is 3.50. The van der Waals surface area contributed by atoms with Gasteiger partial charge in [-0.2, -0.15) is 13.2 Å². The number of benzene rings is 1. The molecule has 6 heteroatoms. The molecule has 0 heterocycles. The van der Waals surface area contributed by atoms with Gasteiger partial charge in [0, 0.05) is 11.6 Å². The maximum atomic E-state index is 13.0. The third-order valence-electron chi connectivity index (χ3n) is 4.57. The fraction of sp³-hybridized carbons (Fsp3) is 0.533. The zero-order valence-electron chi connectivity index (χ0n) is 11.4. The molecule has 2 aliphatic rings. The minimum absolute atomic E-state index is 0.0282. The predicted octanol–water partition coefficient (Wildman–Crippen LogP) is 3.66. The summed E-state index contributed by atoms with van der Waals surface area (Å²) in [5, 5.41) is 2.45. The topological polar surface area (TPSA) is 55.1 Å². The molecule has 3 rings (SSSR count). The first-order chi connectivity index (χ1) is 9.88. The molecule has 1 amide bonds. The van der Waals surface area contributed by atoms with Crippen LogP contribution in [-0.2, 0) is 11.0 Å². The Morgan fingerprint density at radius 3 is 2.38 bits per heavy atom. The van der Waals surface area contributed by atoms with Crippen molar-refractivity contribution in [2.75, 3.05) is 11.1 Å². The van der Waals surface area contributed by atoms with Crippen LogP contribution in [0.4, 0.5) is 24.5 Å². The number of halogens is 3. The number of hydrogen-bond acceptors (Lipinski definition) is 2. The largest absolute Gasteiger partial charge is 0.418 e. The van der Waals surface area contributed by atoms with Gasteiger partial charge in [0.2, 0.25) is 5.91 Å². The molecule has 0 bridgehead atoms. The maximum Gasteiger partial charge on any atom is 0.418 e. The van der Waals surface area contributed by atoms with Crippen molar-refractivity contribution in [2.24, 2.45) is 17.8 Å². The van der Waals surface area contributed by atoms with Crippen molar-refractivity contribution in [1.29, 1.82) is 0 Å². The summed E-state index contributed by atoms with van der Waals surface area (Å²) in [6.07, 6.45) is -0.289. The van der Waals surface area contributed by atoms with Crippen molar-refractivity contribution < 1.29 is 18.0 Å². The van der Waals surface area contributed by atoms with Gasteiger partial charge in [0.15, 0.2) is 0 Å². The number of fused-ring (bicyclic) bond motifs is 1. The zero-order chi connectivity index (χ0) is 15.2. The summed E-state index contributed by atoms with van der Waals surface area (Å²) in [4.78, 5) is 12.2. The maximum absolute atomic E-state index is 13.0. The Morgan fingerprint density at radius 2 is 1.81 bits per heavy atom. The molecule has 2 unspecified atom stereocenters. The zero-order valence-corrected chi connectivity index (χ0v) is 11.4. The number of nitrogens with two attached hydrogens (primary N) is 1. The lowest BCUT2D eigenvalue weighted by atomic mass is 10.0. The lowest BCUT2D eigenvalue weighted by molar-refractivity contribution is -0.136. The van der Waals surface area contributed by atoms with Crippen molar-refractivity contribution in [3.8, 4) is 0 Å². The van der Waals surface area contributed by atoms with E-state index in [2.05, 4.69) is 5.32 Å². The van der Waals surface area contributed by atoms with Gasteiger partial charge in [0.25, 0.3) is 0 Å². The Kier molecular flexibility index (Phi) is 3.34. The van der Waals surface area contributed by atoms with Gasteiger partial charge < -0.3 is 11.1 Å². The molecular weight excluding hydrogens is 281 g/mol. The number of alkyl halides is 3. The smallest absolute Gasteiger partial charge is 0.399 e. The van der Waals surface area contributed by atoms with Crippen molar-refractivity contribution in [3.63, 3.8) is 0 Å². The average Bonchev–Trinajstić information content (AvgIpc) is 3.14. The van der Waals surface area contributed by atoms with Crippen molar-refractivity contribution in [1.82, 2.24) is 0 Å². The quantitative estimate of drug-likeness (QED) is 0.819. The minimum Gasteiger partial charge on any atom is -0.399 e. The summed E-state index contributed by atoms with van der Waals surface area (Å²) < 4.78 is 39.0. The predicted molar refractivity (Wildman–Crippen MR) is 73.4 cm³/mol. The number of nitrogens with one attached hydrogen (secondary N) is 1. The molecule has 0 spiro atoms. The highest BCUT2D eigenvalue weighted by molar-refractivity contribution is 5.95. The Hall–Kier alpha value is -1.72. The van der Waals surface area contributed by atoms with Gasteiger partial charge in [-0.25, -0.2) is 0 Å². The molecule has 2 saturated carbocycles. The van der Waals surface area contributed by atoms with Gasteiger partial charge in [-0.05, 0) is 42.9 Å². The molecule has 2 aliphatic carbocycles. The number of rotatable bonds is 2. The molecule has 1 aromatic rings. The first kappa shape index (κ1) is 14.2. The molecular formula is C15H17F3N2O. The van der Waals surface area contributed by atoms with Crippen LogP contribution in [0.15, 0.2) is 18.2 Å². The van der Waals surface area contributed by atoms with Crippen LogP contribution in [0.5, 0.6) is 0 Å². The summed E-state index contributed by atoms with van der Waals surface area (Å²) in [6, 6.07) is 3.45. The van der Waals surface area contributed by atoms with E-state index in [1.165, 1.54) is 12.1 Å². The Labute approximate surface area is 120 Å². The van der Waals surface area contributed by atoms with Gasteiger partial charge in [0.1, 0.15) is 0 Å². The number of nitrogen functional groups attached to an aromatic ring is 1. The van der Waals surface area contributed by atoms with E-state index in [1.54, 1.807) is 0 Å². The van der Waals surface area contributed by atoms with Crippen LogP contribution in [0.2, 0.25) is 0 Å². The second kappa shape index (κ2) is 4.93.